The number of aryl methyl sites for hydroxylation is 1. The highest BCUT2D eigenvalue weighted by Gasteiger charge is 2.03. The average Bonchev–Trinajstić information content (AvgIpc) is 3.14. The molecule has 0 aliphatic rings. The molecule has 0 atom stereocenters. The van der Waals surface area contributed by atoms with Crippen LogP contribution >= 0.6 is 22.9 Å². The van der Waals surface area contributed by atoms with Gasteiger partial charge in [-0.2, -0.15) is 0 Å². The molecule has 0 fully saturated rings. The Bertz CT molecular complexity index is 720. The Labute approximate surface area is 130 Å². The molecule has 2 aromatic heterocycles. The number of rotatable bonds is 5. The summed E-state index contributed by atoms with van der Waals surface area (Å²) >= 11 is 7.27. The minimum atomic E-state index is 0.561. The average molecular weight is 321 g/mol. The van der Waals surface area contributed by atoms with Gasteiger partial charge in [-0.05, 0) is 29.5 Å². The smallest absolute Gasteiger partial charge is 0.183 e. The van der Waals surface area contributed by atoms with Crippen LogP contribution in [0, 0.1) is 0 Å². The highest BCUT2D eigenvalue weighted by atomic mass is 35.5. The van der Waals surface area contributed by atoms with Crippen molar-refractivity contribution in [1.29, 1.82) is 0 Å². The van der Waals surface area contributed by atoms with Crippen LogP contribution in [-0.2, 0) is 13.0 Å². The number of nitrogens with one attached hydrogen (secondary N) is 1. The molecule has 0 saturated heterocycles. The van der Waals surface area contributed by atoms with Gasteiger partial charge in [0.05, 0.1) is 12.2 Å². The lowest BCUT2D eigenvalue weighted by molar-refractivity contribution is 0.718. The van der Waals surface area contributed by atoms with Crippen molar-refractivity contribution < 1.29 is 0 Å². The van der Waals surface area contributed by atoms with Gasteiger partial charge in [0.1, 0.15) is 0 Å². The van der Waals surface area contributed by atoms with Crippen LogP contribution in [0.1, 0.15) is 17.6 Å². The minimum Gasteiger partial charge on any atom is -0.380 e. The van der Waals surface area contributed by atoms with E-state index in [2.05, 4.69) is 25.7 Å². The van der Waals surface area contributed by atoms with Crippen molar-refractivity contribution in [2.24, 2.45) is 0 Å². The van der Waals surface area contributed by atoms with E-state index in [0.717, 1.165) is 28.5 Å². The summed E-state index contributed by atoms with van der Waals surface area (Å²) in [4.78, 5) is 6.64. The van der Waals surface area contributed by atoms with Crippen molar-refractivity contribution in [2.45, 2.75) is 19.9 Å². The van der Waals surface area contributed by atoms with Gasteiger partial charge in [0, 0.05) is 23.2 Å². The van der Waals surface area contributed by atoms with Crippen LogP contribution in [0.2, 0.25) is 4.47 Å². The first kappa shape index (κ1) is 14.0. The quantitative estimate of drug-likeness (QED) is 0.782. The molecule has 1 N–H and O–H groups in total. The number of halogens is 1. The lowest BCUT2D eigenvalue weighted by atomic mass is 10.3. The highest BCUT2D eigenvalue weighted by Crippen LogP contribution is 2.19. The normalized spacial score (nSPS) is 10.8. The lowest BCUT2D eigenvalue weighted by Crippen LogP contribution is -2.01. The van der Waals surface area contributed by atoms with Gasteiger partial charge in [0.15, 0.2) is 10.3 Å². The molecule has 0 unspecified atom stereocenters. The van der Waals surface area contributed by atoms with Gasteiger partial charge < -0.3 is 5.32 Å². The molecule has 0 saturated carbocycles. The monoisotopic (exact) mass is 320 g/mol. The van der Waals surface area contributed by atoms with Gasteiger partial charge >= 0.3 is 0 Å². The first-order chi connectivity index (χ1) is 10.2. The minimum absolute atomic E-state index is 0.561. The number of tetrazole rings is 1. The summed E-state index contributed by atoms with van der Waals surface area (Å²) in [6.07, 6.45) is 2.55. The first-order valence-corrected chi connectivity index (χ1v) is 7.67. The Morgan fingerprint density at radius 3 is 2.71 bits per heavy atom. The van der Waals surface area contributed by atoms with Crippen LogP contribution in [-0.4, -0.2) is 25.2 Å². The van der Waals surface area contributed by atoms with E-state index in [0.29, 0.717) is 11.0 Å². The summed E-state index contributed by atoms with van der Waals surface area (Å²) in [5, 5.41) is 15.6. The molecule has 108 valence electrons. The zero-order valence-electron chi connectivity index (χ0n) is 11.3. The van der Waals surface area contributed by atoms with E-state index in [1.165, 1.54) is 16.1 Å². The predicted octanol–water partition coefficient (Wildman–Crippen LogP) is 2.95. The maximum absolute atomic E-state index is 5.80. The summed E-state index contributed by atoms with van der Waals surface area (Å²) in [6.45, 7) is 2.70. The van der Waals surface area contributed by atoms with Crippen LogP contribution in [0.4, 0.5) is 5.69 Å². The van der Waals surface area contributed by atoms with E-state index < -0.39 is 0 Å². The number of thiazole rings is 1. The van der Waals surface area contributed by atoms with Crippen LogP contribution in [0.5, 0.6) is 0 Å². The summed E-state index contributed by atoms with van der Waals surface area (Å²) < 4.78 is 0.561. The number of hydrogen-bond acceptors (Lipinski definition) is 6. The molecule has 0 spiro atoms. The van der Waals surface area contributed by atoms with Crippen molar-refractivity contribution >= 4 is 28.6 Å². The molecule has 0 aliphatic heterocycles. The molecule has 6 nitrogen and oxygen atoms in total. The van der Waals surface area contributed by atoms with E-state index in [-0.39, 0.29) is 0 Å². The molecule has 21 heavy (non-hydrogen) atoms. The highest BCUT2D eigenvalue weighted by molar-refractivity contribution is 7.15. The second-order valence-electron chi connectivity index (χ2n) is 4.33. The van der Waals surface area contributed by atoms with Crippen LogP contribution in [0.3, 0.4) is 0 Å². The van der Waals surface area contributed by atoms with Gasteiger partial charge in [-0.3, -0.25) is 0 Å². The number of nitrogens with zero attached hydrogens (tertiary/aromatic N) is 5. The Hall–Kier alpha value is -1.99. The lowest BCUT2D eigenvalue weighted by Gasteiger charge is -2.05. The van der Waals surface area contributed by atoms with E-state index in [1.807, 2.05) is 31.2 Å². The second-order valence-corrected chi connectivity index (χ2v) is 6.03. The third-order valence-corrected chi connectivity index (χ3v) is 3.98. The summed E-state index contributed by atoms with van der Waals surface area (Å²) in [7, 11) is 0. The molecular weight excluding hydrogens is 308 g/mol. The topological polar surface area (TPSA) is 68.5 Å². The van der Waals surface area contributed by atoms with Crippen LogP contribution < -0.4 is 5.32 Å². The van der Waals surface area contributed by atoms with Gasteiger partial charge in [-0.1, -0.05) is 18.5 Å². The molecule has 2 heterocycles. The van der Waals surface area contributed by atoms with Crippen molar-refractivity contribution in [3.63, 3.8) is 0 Å². The number of hydrogen-bond donors (Lipinski definition) is 1. The van der Waals surface area contributed by atoms with Gasteiger partial charge in [-0.25, -0.2) is 4.98 Å². The fourth-order valence-electron chi connectivity index (χ4n) is 1.76. The van der Waals surface area contributed by atoms with E-state index in [9.17, 15) is 0 Å². The Kier molecular flexibility index (Phi) is 4.12. The zero-order valence-corrected chi connectivity index (χ0v) is 12.9. The molecular formula is C13H13ClN6S. The van der Waals surface area contributed by atoms with Crippen LogP contribution in [0.15, 0.2) is 30.5 Å². The van der Waals surface area contributed by atoms with Gasteiger partial charge in [-0.15, -0.1) is 26.3 Å². The van der Waals surface area contributed by atoms with Crippen molar-refractivity contribution in [3.8, 4) is 5.69 Å². The Morgan fingerprint density at radius 1 is 1.29 bits per heavy atom. The maximum atomic E-state index is 5.80. The SMILES string of the molecule is CCc1nnn(-c2ccc(NCc3cnc(Cl)s3)cc2)n1. The first-order valence-electron chi connectivity index (χ1n) is 6.48. The molecule has 0 amide bonds. The number of aromatic nitrogens is 5. The van der Waals surface area contributed by atoms with Crippen LogP contribution in [0.25, 0.3) is 5.69 Å². The second kappa shape index (κ2) is 6.19. The standard InChI is InChI=1S/C13H13ClN6S/c1-2-12-17-19-20(18-12)10-5-3-9(4-6-10)15-7-11-8-16-13(14)21-11/h3-6,8,15H,2,7H2,1H3. The Morgan fingerprint density at radius 2 is 2.10 bits per heavy atom. The predicted molar refractivity (Wildman–Crippen MR) is 83.0 cm³/mol. The molecule has 1 aromatic carbocycles. The molecule has 0 radical (unpaired) electrons. The fraction of sp³-hybridized carbons (Fsp3) is 0.231. The molecule has 3 rings (SSSR count). The van der Waals surface area contributed by atoms with Crippen molar-refractivity contribution in [3.05, 3.63) is 45.6 Å². The largest absolute Gasteiger partial charge is 0.380 e. The summed E-state index contributed by atoms with van der Waals surface area (Å²) in [6, 6.07) is 7.85. The Balaban J connectivity index is 1.66. The molecule has 0 aliphatic carbocycles. The molecule has 3 aromatic rings. The molecule has 8 heteroatoms. The summed E-state index contributed by atoms with van der Waals surface area (Å²) in [5.41, 5.74) is 1.90. The zero-order chi connectivity index (χ0) is 14.7. The van der Waals surface area contributed by atoms with E-state index in [4.69, 9.17) is 11.6 Å². The van der Waals surface area contributed by atoms with E-state index >= 15 is 0 Å². The summed E-state index contributed by atoms with van der Waals surface area (Å²) in [5.74, 6) is 0.735. The number of anilines is 1. The van der Waals surface area contributed by atoms with Gasteiger partial charge in [0.25, 0.3) is 0 Å². The van der Waals surface area contributed by atoms with E-state index in [1.54, 1.807) is 6.20 Å². The third kappa shape index (κ3) is 3.37. The third-order valence-electron chi connectivity index (χ3n) is 2.86. The fourth-order valence-corrected chi connectivity index (χ4v) is 2.68. The molecule has 0 bridgehead atoms. The maximum Gasteiger partial charge on any atom is 0.183 e. The van der Waals surface area contributed by atoms with Gasteiger partial charge in [0.2, 0.25) is 0 Å². The number of benzene rings is 1. The van der Waals surface area contributed by atoms with Crippen molar-refractivity contribution in [2.75, 3.05) is 5.32 Å². The van der Waals surface area contributed by atoms with Crippen molar-refractivity contribution in [1.82, 2.24) is 25.2 Å².